The Morgan fingerprint density at radius 1 is 1.18 bits per heavy atom. The first-order valence-electron chi connectivity index (χ1n) is 6.02. The molecule has 17 heavy (non-hydrogen) atoms. The van der Waals surface area contributed by atoms with Gasteiger partial charge in [0.1, 0.15) is 0 Å². The molecule has 88 valence electrons. The molecular weight excluding hydrogens is 208 g/mol. The van der Waals surface area contributed by atoms with Crippen molar-refractivity contribution in [2.45, 2.75) is 26.8 Å². The van der Waals surface area contributed by atoms with Crippen LogP contribution in [0, 0.1) is 6.92 Å². The van der Waals surface area contributed by atoms with E-state index in [4.69, 9.17) is 0 Å². The predicted octanol–water partition coefficient (Wildman–Crippen LogP) is 3.56. The Morgan fingerprint density at radius 2 is 2.06 bits per heavy atom. The predicted molar refractivity (Wildman–Crippen MR) is 72.1 cm³/mol. The molecule has 0 aliphatic heterocycles. The van der Waals surface area contributed by atoms with Gasteiger partial charge in [0, 0.05) is 24.6 Å². The number of hydrogen-bond donors (Lipinski definition) is 1. The molecular formula is C15H18N2. The first-order valence-corrected chi connectivity index (χ1v) is 6.02. The summed E-state index contributed by atoms with van der Waals surface area (Å²) in [5.74, 6) is 0. The Morgan fingerprint density at radius 3 is 2.76 bits per heavy atom. The number of nitrogens with one attached hydrogen (secondary N) is 1. The van der Waals surface area contributed by atoms with E-state index >= 15 is 0 Å². The van der Waals surface area contributed by atoms with E-state index in [1.165, 1.54) is 22.4 Å². The molecule has 0 bridgehead atoms. The van der Waals surface area contributed by atoms with Crippen LogP contribution in [0.4, 0.5) is 5.69 Å². The van der Waals surface area contributed by atoms with Gasteiger partial charge in [-0.3, -0.25) is 4.98 Å². The Balaban J connectivity index is 2.14. The third-order valence-electron chi connectivity index (χ3n) is 2.93. The average Bonchev–Trinajstić information content (AvgIpc) is 2.38. The Bertz CT molecular complexity index is 478. The number of nitrogens with zero attached hydrogens (tertiary/aromatic N) is 1. The monoisotopic (exact) mass is 226 g/mol. The van der Waals surface area contributed by atoms with Gasteiger partial charge in [-0.2, -0.15) is 0 Å². The zero-order valence-corrected chi connectivity index (χ0v) is 10.4. The number of para-hydroxylation sites is 1. The molecule has 1 aromatic heterocycles. The highest BCUT2D eigenvalue weighted by molar-refractivity contribution is 5.57. The highest BCUT2D eigenvalue weighted by Crippen LogP contribution is 2.21. The molecule has 0 atom stereocenters. The van der Waals surface area contributed by atoms with Crippen molar-refractivity contribution >= 4 is 5.69 Å². The number of aromatic nitrogens is 1. The van der Waals surface area contributed by atoms with Crippen molar-refractivity contribution in [1.29, 1.82) is 0 Å². The van der Waals surface area contributed by atoms with Crippen LogP contribution in [-0.4, -0.2) is 4.98 Å². The fourth-order valence-electron chi connectivity index (χ4n) is 1.97. The lowest BCUT2D eigenvalue weighted by atomic mass is 10.1. The zero-order chi connectivity index (χ0) is 12.1. The molecule has 0 unspecified atom stereocenters. The molecule has 0 amide bonds. The van der Waals surface area contributed by atoms with E-state index in [2.05, 4.69) is 48.4 Å². The van der Waals surface area contributed by atoms with Crippen molar-refractivity contribution in [2.24, 2.45) is 0 Å². The molecule has 0 saturated heterocycles. The second-order valence-corrected chi connectivity index (χ2v) is 4.18. The number of pyridine rings is 1. The minimum atomic E-state index is 0.825. The highest BCUT2D eigenvalue weighted by Gasteiger charge is 2.03. The van der Waals surface area contributed by atoms with E-state index < -0.39 is 0 Å². The van der Waals surface area contributed by atoms with Crippen LogP contribution in [0.5, 0.6) is 0 Å². The molecule has 0 spiro atoms. The van der Waals surface area contributed by atoms with Crippen LogP contribution in [0.1, 0.15) is 23.6 Å². The molecule has 0 aliphatic carbocycles. The fraction of sp³-hybridized carbons (Fsp3) is 0.267. The molecule has 0 aliphatic rings. The Labute approximate surface area is 103 Å². The summed E-state index contributed by atoms with van der Waals surface area (Å²) in [7, 11) is 0. The first kappa shape index (κ1) is 11.6. The van der Waals surface area contributed by atoms with Gasteiger partial charge in [-0.15, -0.1) is 0 Å². The first-order chi connectivity index (χ1) is 8.31. The maximum Gasteiger partial charge on any atom is 0.0416 e. The smallest absolute Gasteiger partial charge is 0.0416 e. The topological polar surface area (TPSA) is 24.9 Å². The number of benzene rings is 1. The summed E-state index contributed by atoms with van der Waals surface area (Å²) < 4.78 is 0. The lowest BCUT2D eigenvalue weighted by Crippen LogP contribution is -2.04. The van der Waals surface area contributed by atoms with Crippen LogP contribution in [0.2, 0.25) is 0 Å². The van der Waals surface area contributed by atoms with Gasteiger partial charge in [0.05, 0.1) is 0 Å². The van der Waals surface area contributed by atoms with Crippen molar-refractivity contribution < 1.29 is 0 Å². The molecule has 2 aromatic rings. The second-order valence-electron chi connectivity index (χ2n) is 4.18. The lowest BCUT2D eigenvalue weighted by molar-refractivity contribution is 1.07. The van der Waals surface area contributed by atoms with Crippen molar-refractivity contribution in [2.75, 3.05) is 5.32 Å². The van der Waals surface area contributed by atoms with Crippen molar-refractivity contribution in [3.8, 4) is 0 Å². The fourth-order valence-corrected chi connectivity index (χ4v) is 1.97. The number of aryl methyl sites for hydroxylation is 2. The van der Waals surface area contributed by atoms with E-state index in [1.807, 2.05) is 12.3 Å². The molecule has 2 rings (SSSR count). The van der Waals surface area contributed by atoms with Crippen LogP contribution < -0.4 is 5.32 Å². The number of hydrogen-bond acceptors (Lipinski definition) is 2. The normalized spacial score (nSPS) is 10.2. The zero-order valence-electron chi connectivity index (χ0n) is 10.4. The molecule has 1 heterocycles. The molecule has 0 radical (unpaired) electrons. The summed E-state index contributed by atoms with van der Waals surface area (Å²) >= 11 is 0. The lowest BCUT2D eigenvalue weighted by Gasteiger charge is -2.13. The minimum Gasteiger partial charge on any atom is -0.380 e. The van der Waals surface area contributed by atoms with Crippen molar-refractivity contribution in [1.82, 2.24) is 4.98 Å². The summed E-state index contributed by atoms with van der Waals surface area (Å²) in [6.07, 6.45) is 4.75. The standard InChI is InChI=1S/C15H18N2/c1-3-14-8-4-6-12(2)15(14)17-11-13-7-5-9-16-10-13/h4-10,17H,3,11H2,1-2H3. The van der Waals surface area contributed by atoms with Gasteiger partial charge in [-0.05, 0) is 36.1 Å². The number of anilines is 1. The molecule has 1 N–H and O–H groups in total. The third kappa shape index (κ3) is 2.84. The van der Waals surface area contributed by atoms with Gasteiger partial charge in [0.2, 0.25) is 0 Å². The van der Waals surface area contributed by atoms with Gasteiger partial charge < -0.3 is 5.32 Å². The molecule has 0 fully saturated rings. The van der Waals surface area contributed by atoms with Crippen LogP contribution >= 0.6 is 0 Å². The van der Waals surface area contributed by atoms with Gasteiger partial charge in [-0.1, -0.05) is 31.2 Å². The van der Waals surface area contributed by atoms with Gasteiger partial charge in [-0.25, -0.2) is 0 Å². The Kier molecular flexibility index (Phi) is 3.76. The van der Waals surface area contributed by atoms with Crippen LogP contribution in [-0.2, 0) is 13.0 Å². The summed E-state index contributed by atoms with van der Waals surface area (Å²) in [6.45, 7) is 5.15. The SMILES string of the molecule is CCc1cccc(C)c1NCc1cccnc1. The maximum atomic E-state index is 4.12. The van der Waals surface area contributed by atoms with E-state index in [9.17, 15) is 0 Å². The molecule has 1 aromatic carbocycles. The summed E-state index contributed by atoms with van der Waals surface area (Å²) in [6, 6.07) is 10.5. The molecule has 2 nitrogen and oxygen atoms in total. The summed E-state index contributed by atoms with van der Waals surface area (Å²) in [5, 5.41) is 3.51. The average molecular weight is 226 g/mol. The van der Waals surface area contributed by atoms with E-state index in [-0.39, 0.29) is 0 Å². The summed E-state index contributed by atoms with van der Waals surface area (Å²) in [5.41, 5.74) is 5.14. The van der Waals surface area contributed by atoms with Crippen molar-refractivity contribution in [3.05, 3.63) is 59.4 Å². The van der Waals surface area contributed by atoms with E-state index in [0.29, 0.717) is 0 Å². The largest absolute Gasteiger partial charge is 0.380 e. The number of rotatable bonds is 4. The third-order valence-corrected chi connectivity index (χ3v) is 2.93. The van der Waals surface area contributed by atoms with Crippen LogP contribution in [0.25, 0.3) is 0 Å². The van der Waals surface area contributed by atoms with E-state index in [0.717, 1.165) is 13.0 Å². The van der Waals surface area contributed by atoms with Crippen molar-refractivity contribution in [3.63, 3.8) is 0 Å². The minimum absolute atomic E-state index is 0.825. The van der Waals surface area contributed by atoms with Crippen LogP contribution in [0.15, 0.2) is 42.7 Å². The van der Waals surface area contributed by atoms with Gasteiger partial charge >= 0.3 is 0 Å². The maximum absolute atomic E-state index is 4.12. The van der Waals surface area contributed by atoms with E-state index in [1.54, 1.807) is 6.20 Å². The highest BCUT2D eigenvalue weighted by atomic mass is 14.9. The van der Waals surface area contributed by atoms with Gasteiger partial charge in [0.25, 0.3) is 0 Å². The Hall–Kier alpha value is -1.83. The quantitative estimate of drug-likeness (QED) is 0.862. The second kappa shape index (κ2) is 5.48. The molecule has 0 saturated carbocycles. The summed E-state index contributed by atoms with van der Waals surface area (Å²) in [4.78, 5) is 4.12. The van der Waals surface area contributed by atoms with Crippen LogP contribution in [0.3, 0.4) is 0 Å². The van der Waals surface area contributed by atoms with Gasteiger partial charge in [0.15, 0.2) is 0 Å². The molecule has 2 heteroatoms.